The number of nitrogens with two attached hydrogens (primary N) is 1. The normalized spacial score (nSPS) is 19.8. The van der Waals surface area contributed by atoms with Gasteiger partial charge in [-0.05, 0) is 37.5 Å². The van der Waals surface area contributed by atoms with E-state index in [0.29, 0.717) is 41.1 Å². The minimum absolute atomic E-state index is 0.109. The molecule has 1 aliphatic carbocycles. The van der Waals surface area contributed by atoms with E-state index < -0.39 is 11.4 Å². The third-order valence-electron chi connectivity index (χ3n) is 6.12. The van der Waals surface area contributed by atoms with E-state index >= 15 is 4.39 Å². The van der Waals surface area contributed by atoms with E-state index in [2.05, 4.69) is 14.9 Å². The number of anilines is 1. The third-order valence-corrected chi connectivity index (χ3v) is 6.12. The Hall–Kier alpha value is -3.96. The fourth-order valence-electron chi connectivity index (χ4n) is 4.49. The summed E-state index contributed by atoms with van der Waals surface area (Å²) in [4.78, 5) is 8.24. The van der Waals surface area contributed by atoms with Crippen LogP contribution in [0.15, 0.2) is 48.5 Å². The smallest absolute Gasteiger partial charge is 0.254 e. The molecule has 0 saturated heterocycles. The second-order valence-electron chi connectivity index (χ2n) is 8.63. The standard InChI is InChI=1S/C25H22FN5O2/c1-25(32)12-16(13-25)31-24(27)23(28-2)22(30-31)15-9-17(26)21-19(10-15)29-18(11-20(21)33-3)14-7-5-4-6-8-14/h4-11,16,32H,12-13,27H2,1,3H3. The average molecular weight is 443 g/mol. The summed E-state index contributed by atoms with van der Waals surface area (Å²) in [7, 11) is 1.49. The van der Waals surface area contributed by atoms with E-state index in [-0.39, 0.29) is 22.9 Å². The Kier molecular flexibility index (Phi) is 4.80. The van der Waals surface area contributed by atoms with Crippen molar-refractivity contribution in [3.05, 3.63) is 65.8 Å². The van der Waals surface area contributed by atoms with Gasteiger partial charge in [0.1, 0.15) is 23.1 Å². The summed E-state index contributed by atoms with van der Waals surface area (Å²) in [6.45, 7) is 9.37. The molecule has 0 bridgehead atoms. The van der Waals surface area contributed by atoms with Crippen LogP contribution >= 0.6 is 0 Å². The predicted molar refractivity (Wildman–Crippen MR) is 124 cm³/mol. The summed E-state index contributed by atoms with van der Waals surface area (Å²) in [5.41, 5.74) is 8.21. The van der Waals surface area contributed by atoms with Gasteiger partial charge in [0, 0.05) is 11.6 Å². The highest BCUT2D eigenvalue weighted by Gasteiger charge is 2.41. The van der Waals surface area contributed by atoms with Crippen LogP contribution in [0.5, 0.6) is 5.75 Å². The zero-order valence-electron chi connectivity index (χ0n) is 18.2. The van der Waals surface area contributed by atoms with Crippen LogP contribution in [0.1, 0.15) is 25.8 Å². The van der Waals surface area contributed by atoms with Gasteiger partial charge in [-0.2, -0.15) is 5.10 Å². The van der Waals surface area contributed by atoms with Crippen molar-refractivity contribution in [3.8, 4) is 28.3 Å². The highest BCUT2D eigenvalue weighted by atomic mass is 19.1. The van der Waals surface area contributed by atoms with E-state index in [4.69, 9.17) is 17.0 Å². The maximum atomic E-state index is 15.3. The van der Waals surface area contributed by atoms with Crippen LogP contribution in [0.3, 0.4) is 0 Å². The molecule has 0 aliphatic heterocycles. The monoisotopic (exact) mass is 443 g/mol. The average Bonchev–Trinajstić information content (AvgIpc) is 3.12. The molecule has 3 N–H and O–H groups in total. The summed E-state index contributed by atoms with van der Waals surface area (Å²) >= 11 is 0. The summed E-state index contributed by atoms with van der Waals surface area (Å²) in [5.74, 6) is 0.0571. The molecule has 0 amide bonds. The first-order chi connectivity index (χ1) is 15.8. The van der Waals surface area contributed by atoms with Crippen LogP contribution in [-0.4, -0.2) is 32.6 Å². The van der Waals surface area contributed by atoms with E-state index in [1.165, 1.54) is 13.2 Å². The highest BCUT2D eigenvalue weighted by molar-refractivity contribution is 5.94. The molecule has 0 unspecified atom stereocenters. The van der Waals surface area contributed by atoms with Gasteiger partial charge in [-0.1, -0.05) is 30.3 Å². The molecule has 33 heavy (non-hydrogen) atoms. The number of pyridine rings is 1. The molecule has 1 saturated carbocycles. The molecular formula is C25H22FN5O2. The number of nitrogen functional groups attached to an aromatic ring is 1. The Balaban J connectivity index is 1.68. The first kappa shape index (κ1) is 20.9. The van der Waals surface area contributed by atoms with Crippen molar-refractivity contribution >= 4 is 22.4 Å². The van der Waals surface area contributed by atoms with Crippen molar-refractivity contribution in [2.75, 3.05) is 12.8 Å². The van der Waals surface area contributed by atoms with Crippen LogP contribution in [0.25, 0.3) is 38.3 Å². The molecule has 8 heteroatoms. The summed E-state index contributed by atoms with van der Waals surface area (Å²) in [5, 5.41) is 14.9. The number of aromatic nitrogens is 3. The largest absolute Gasteiger partial charge is 0.496 e. The molecular weight excluding hydrogens is 421 g/mol. The molecule has 2 heterocycles. The van der Waals surface area contributed by atoms with Crippen LogP contribution in [0, 0.1) is 12.4 Å². The number of hydrogen-bond acceptors (Lipinski definition) is 5. The van der Waals surface area contributed by atoms with Crippen molar-refractivity contribution in [3.63, 3.8) is 0 Å². The minimum Gasteiger partial charge on any atom is -0.496 e. The van der Waals surface area contributed by atoms with E-state index in [0.717, 1.165) is 5.56 Å². The summed E-state index contributed by atoms with van der Waals surface area (Å²) in [6.07, 6.45) is 0.974. The Labute approximate surface area is 190 Å². The van der Waals surface area contributed by atoms with Gasteiger partial charge in [-0.3, -0.25) is 4.68 Å². The maximum absolute atomic E-state index is 15.3. The zero-order chi connectivity index (χ0) is 23.3. The van der Waals surface area contributed by atoms with E-state index in [1.807, 2.05) is 30.3 Å². The Morgan fingerprint density at radius 3 is 2.58 bits per heavy atom. The number of halogens is 1. The molecule has 2 aromatic carbocycles. The van der Waals surface area contributed by atoms with Gasteiger partial charge in [0.2, 0.25) is 0 Å². The fraction of sp³-hybridized carbons (Fsp3) is 0.240. The SMILES string of the molecule is [C-]#[N+]c1c(-c2cc(F)c3c(OC)cc(-c4ccccc4)nc3c2)nn(C2CC(C)(O)C2)c1N. The van der Waals surface area contributed by atoms with Crippen LogP contribution in [0.4, 0.5) is 15.9 Å². The van der Waals surface area contributed by atoms with Crippen LogP contribution in [0.2, 0.25) is 0 Å². The van der Waals surface area contributed by atoms with Gasteiger partial charge >= 0.3 is 0 Å². The minimum atomic E-state index is -0.773. The Bertz CT molecular complexity index is 1410. The number of nitrogens with zero attached hydrogens (tertiary/aromatic N) is 4. The van der Waals surface area contributed by atoms with Crippen molar-refractivity contribution in [2.45, 2.75) is 31.4 Å². The lowest BCUT2D eigenvalue weighted by molar-refractivity contribution is -0.0535. The molecule has 0 atom stereocenters. The summed E-state index contributed by atoms with van der Waals surface area (Å²) < 4.78 is 22.3. The van der Waals surface area contributed by atoms with Gasteiger partial charge in [0.25, 0.3) is 5.69 Å². The predicted octanol–water partition coefficient (Wildman–Crippen LogP) is 5.13. The molecule has 1 aliphatic rings. The van der Waals surface area contributed by atoms with Crippen molar-refractivity contribution < 1.29 is 14.2 Å². The number of methoxy groups -OCH3 is 1. The van der Waals surface area contributed by atoms with Crippen molar-refractivity contribution in [2.24, 2.45) is 0 Å². The Morgan fingerprint density at radius 1 is 1.21 bits per heavy atom. The molecule has 7 nitrogen and oxygen atoms in total. The zero-order valence-corrected chi connectivity index (χ0v) is 18.2. The first-order valence-electron chi connectivity index (χ1n) is 10.5. The maximum Gasteiger partial charge on any atom is 0.254 e. The Morgan fingerprint density at radius 2 is 1.94 bits per heavy atom. The van der Waals surface area contributed by atoms with Crippen LogP contribution in [-0.2, 0) is 0 Å². The van der Waals surface area contributed by atoms with Crippen LogP contribution < -0.4 is 10.5 Å². The van der Waals surface area contributed by atoms with E-state index in [1.54, 1.807) is 23.7 Å². The second-order valence-corrected chi connectivity index (χ2v) is 8.63. The number of aliphatic hydroxyl groups is 1. The lowest BCUT2D eigenvalue weighted by Gasteiger charge is -2.41. The topological polar surface area (TPSA) is 90.5 Å². The van der Waals surface area contributed by atoms with Crippen molar-refractivity contribution in [1.29, 1.82) is 0 Å². The van der Waals surface area contributed by atoms with Crippen molar-refractivity contribution in [1.82, 2.24) is 14.8 Å². The molecule has 2 aromatic heterocycles. The second kappa shape index (κ2) is 7.57. The van der Waals surface area contributed by atoms with E-state index in [9.17, 15) is 5.11 Å². The number of rotatable bonds is 4. The number of fused-ring (bicyclic) bond motifs is 1. The molecule has 1 fully saturated rings. The molecule has 0 spiro atoms. The van der Waals surface area contributed by atoms with Gasteiger partial charge in [0.05, 0.1) is 41.9 Å². The molecule has 0 radical (unpaired) electrons. The fourth-order valence-corrected chi connectivity index (χ4v) is 4.49. The molecule has 166 valence electrons. The molecule has 5 rings (SSSR count). The lowest BCUT2D eigenvalue weighted by atomic mass is 9.77. The quantitative estimate of drug-likeness (QED) is 0.427. The lowest BCUT2D eigenvalue weighted by Crippen LogP contribution is -2.42. The summed E-state index contributed by atoms with van der Waals surface area (Å²) in [6, 6.07) is 14.2. The van der Waals surface area contributed by atoms with Gasteiger partial charge in [0.15, 0.2) is 0 Å². The number of benzene rings is 2. The number of ether oxygens (including phenoxy) is 1. The van der Waals surface area contributed by atoms with Gasteiger partial charge < -0.3 is 15.6 Å². The first-order valence-corrected chi connectivity index (χ1v) is 10.5. The molecule has 4 aromatic rings. The highest BCUT2D eigenvalue weighted by Crippen LogP contribution is 2.46. The van der Waals surface area contributed by atoms with Gasteiger partial charge in [-0.25, -0.2) is 14.2 Å². The van der Waals surface area contributed by atoms with Gasteiger partial charge in [-0.15, -0.1) is 0 Å². The third kappa shape index (κ3) is 3.47. The number of hydrogen-bond donors (Lipinski definition) is 2.